The lowest BCUT2D eigenvalue weighted by molar-refractivity contribution is -0.123. The summed E-state index contributed by atoms with van der Waals surface area (Å²) in [5, 5.41) is 11.6. The molecule has 0 radical (unpaired) electrons. The van der Waals surface area contributed by atoms with Crippen LogP contribution in [0.1, 0.15) is 38.5 Å². The number of β-amino-alcohol motifs (C(OH)–C–C–N with tert-alkyl or cyclic N) is 1. The molecule has 0 spiro atoms. The lowest BCUT2D eigenvalue weighted by Gasteiger charge is -2.33. The Morgan fingerprint density at radius 2 is 1.90 bits per heavy atom. The van der Waals surface area contributed by atoms with Crippen LogP contribution in [0.3, 0.4) is 0 Å². The van der Waals surface area contributed by atoms with Crippen molar-refractivity contribution in [3.05, 3.63) is 0 Å². The zero-order valence-electron chi connectivity index (χ0n) is 11.3. The van der Waals surface area contributed by atoms with E-state index in [9.17, 15) is 23.1 Å². The molecule has 2 aliphatic rings. The molecule has 0 aromatic rings. The van der Waals surface area contributed by atoms with Gasteiger partial charge in [-0.05, 0) is 25.2 Å². The van der Waals surface area contributed by atoms with Crippen LogP contribution in [0.25, 0.3) is 0 Å². The molecule has 0 aromatic carbocycles. The summed E-state index contributed by atoms with van der Waals surface area (Å²) >= 11 is 0. The number of nitrogens with zero attached hydrogens (tertiary/aromatic N) is 1. The summed E-state index contributed by atoms with van der Waals surface area (Å²) in [6.07, 6.45) is 0.772. The summed E-state index contributed by atoms with van der Waals surface area (Å²) in [5.41, 5.74) is 0. The van der Waals surface area contributed by atoms with Crippen molar-refractivity contribution in [2.75, 3.05) is 13.1 Å². The van der Waals surface area contributed by atoms with E-state index in [4.69, 9.17) is 0 Å². The molecule has 0 aromatic heterocycles. The smallest absolute Gasteiger partial charge is 0.391 e. The van der Waals surface area contributed by atoms with Gasteiger partial charge in [0.1, 0.15) is 6.54 Å². The van der Waals surface area contributed by atoms with Crippen LogP contribution >= 0.6 is 0 Å². The van der Waals surface area contributed by atoms with E-state index in [0.29, 0.717) is 12.3 Å². The fourth-order valence-electron chi connectivity index (χ4n) is 3.32. The van der Waals surface area contributed by atoms with Crippen molar-refractivity contribution in [3.8, 4) is 0 Å². The van der Waals surface area contributed by atoms with Gasteiger partial charge in [-0.1, -0.05) is 19.3 Å². The second-order valence-corrected chi connectivity index (χ2v) is 5.78. The normalized spacial score (nSPS) is 28.7. The predicted molar refractivity (Wildman–Crippen MR) is 67.1 cm³/mol. The number of nitrogens with one attached hydrogen (secondary N) is 1. The molecule has 2 fully saturated rings. The van der Waals surface area contributed by atoms with Crippen LogP contribution in [-0.4, -0.2) is 47.4 Å². The third kappa shape index (κ3) is 4.01. The highest BCUT2D eigenvalue weighted by Crippen LogP contribution is 2.34. The Morgan fingerprint density at radius 1 is 1.25 bits per heavy atom. The number of hydrogen-bond acceptors (Lipinski definition) is 2. The summed E-state index contributed by atoms with van der Waals surface area (Å²) in [4.78, 5) is 13.3. The topological polar surface area (TPSA) is 52.6 Å². The molecule has 0 unspecified atom stereocenters. The number of hydrogen-bond donors (Lipinski definition) is 2. The van der Waals surface area contributed by atoms with Gasteiger partial charge in [-0.15, -0.1) is 0 Å². The molecule has 1 heterocycles. The van der Waals surface area contributed by atoms with Crippen molar-refractivity contribution in [1.29, 1.82) is 0 Å². The van der Waals surface area contributed by atoms with E-state index >= 15 is 0 Å². The van der Waals surface area contributed by atoms with E-state index in [1.54, 1.807) is 0 Å². The highest BCUT2D eigenvalue weighted by Gasteiger charge is 2.40. The van der Waals surface area contributed by atoms with Crippen LogP contribution < -0.4 is 5.32 Å². The molecule has 2 rings (SSSR count). The van der Waals surface area contributed by atoms with Gasteiger partial charge in [0.25, 0.3) is 0 Å². The van der Waals surface area contributed by atoms with Gasteiger partial charge < -0.3 is 15.3 Å². The molecule has 2 atom stereocenters. The maximum Gasteiger partial charge on any atom is 0.405 e. The van der Waals surface area contributed by atoms with Gasteiger partial charge in [0, 0.05) is 12.6 Å². The van der Waals surface area contributed by atoms with E-state index < -0.39 is 24.9 Å². The molecule has 2 amide bonds. The third-order valence-corrected chi connectivity index (χ3v) is 4.22. The van der Waals surface area contributed by atoms with Crippen LogP contribution in [0.15, 0.2) is 0 Å². The molecule has 1 aliphatic heterocycles. The number of rotatable bonds is 2. The van der Waals surface area contributed by atoms with Crippen LogP contribution in [0.2, 0.25) is 0 Å². The summed E-state index contributed by atoms with van der Waals surface area (Å²) in [6.45, 7) is -1.19. The maximum atomic E-state index is 12.1. The van der Waals surface area contributed by atoms with Crippen molar-refractivity contribution in [2.24, 2.45) is 5.92 Å². The van der Waals surface area contributed by atoms with Crippen molar-refractivity contribution in [2.45, 2.75) is 56.8 Å². The number of likely N-dealkylation sites (tertiary alicyclic amines) is 1. The molecule has 20 heavy (non-hydrogen) atoms. The second kappa shape index (κ2) is 6.20. The van der Waals surface area contributed by atoms with Crippen LogP contribution in [0.4, 0.5) is 18.0 Å². The predicted octanol–water partition coefficient (Wildman–Crippen LogP) is 2.27. The number of urea groups is 1. The van der Waals surface area contributed by atoms with Gasteiger partial charge in [0.05, 0.1) is 6.10 Å². The Morgan fingerprint density at radius 3 is 2.50 bits per heavy atom. The zero-order valence-corrected chi connectivity index (χ0v) is 11.3. The van der Waals surface area contributed by atoms with Crippen LogP contribution in [0.5, 0.6) is 0 Å². The first-order valence-corrected chi connectivity index (χ1v) is 7.16. The molecule has 1 saturated heterocycles. The van der Waals surface area contributed by atoms with Gasteiger partial charge in [-0.25, -0.2) is 4.79 Å². The molecule has 4 nitrogen and oxygen atoms in total. The number of amides is 2. The minimum Gasteiger partial charge on any atom is -0.391 e. The maximum absolute atomic E-state index is 12.1. The lowest BCUT2D eigenvalue weighted by atomic mass is 9.83. The SMILES string of the molecule is O=C(NCC(F)(F)F)N1C[C@@H](O)C[C@@H]1C1CCCCC1. The van der Waals surface area contributed by atoms with Gasteiger partial charge >= 0.3 is 12.2 Å². The number of carbonyl (C=O) groups excluding carboxylic acids is 1. The molecule has 2 N–H and O–H groups in total. The fourth-order valence-corrected chi connectivity index (χ4v) is 3.32. The molecular formula is C13H21F3N2O2. The van der Waals surface area contributed by atoms with E-state index in [1.807, 2.05) is 5.32 Å². The number of alkyl halides is 3. The first-order chi connectivity index (χ1) is 9.37. The first-order valence-electron chi connectivity index (χ1n) is 7.16. The van der Waals surface area contributed by atoms with Gasteiger partial charge in [0.15, 0.2) is 0 Å². The second-order valence-electron chi connectivity index (χ2n) is 5.78. The van der Waals surface area contributed by atoms with Crippen molar-refractivity contribution in [3.63, 3.8) is 0 Å². The van der Waals surface area contributed by atoms with E-state index in [2.05, 4.69) is 0 Å². The number of carbonyl (C=O) groups is 1. The third-order valence-electron chi connectivity index (χ3n) is 4.22. The average molecular weight is 294 g/mol. The first kappa shape index (κ1) is 15.4. The standard InChI is InChI=1S/C13H21F3N2O2/c14-13(15,16)8-17-12(20)18-7-10(19)6-11(18)9-4-2-1-3-5-9/h9-11,19H,1-8H2,(H,17,20)/t10-,11+/m0/s1. The Bertz CT molecular complexity index is 343. The summed E-state index contributed by atoms with van der Waals surface area (Å²) < 4.78 is 36.4. The molecule has 7 heteroatoms. The van der Waals surface area contributed by atoms with E-state index in [1.165, 1.54) is 11.3 Å². The van der Waals surface area contributed by atoms with Gasteiger partial charge in [0.2, 0.25) is 0 Å². The Balaban J connectivity index is 1.94. The monoisotopic (exact) mass is 294 g/mol. The molecule has 0 bridgehead atoms. The molecule has 116 valence electrons. The Labute approximate surface area is 116 Å². The van der Waals surface area contributed by atoms with Crippen LogP contribution in [0, 0.1) is 5.92 Å². The molecular weight excluding hydrogens is 273 g/mol. The van der Waals surface area contributed by atoms with Crippen molar-refractivity contribution in [1.82, 2.24) is 10.2 Å². The molecule has 1 saturated carbocycles. The minimum absolute atomic E-state index is 0.126. The number of aliphatic hydroxyl groups is 1. The lowest BCUT2D eigenvalue weighted by Crippen LogP contribution is -2.48. The Hall–Kier alpha value is -0.980. The number of aliphatic hydroxyl groups excluding tert-OH is 1. The summed E-state index contributed by atoms with van der Waals surface area (Å²) in [5.74, 6) is 0.303. The highest BCUT2D eigenvalue weighted by atomic mass is 19.4. The summed E-state index contributed by atoms with van der Waals surface area (Å²) in [7, 11) is 0. The largest absolute Gasteiger partial charge is 0.405 e. The Kier molecular flexibility index (Phi) is 4.78. The van der Waals surface area contributed by atoms with E-state index in [0.717, 1.165) is 25.7 Å². The van der Waals surface area contributed by atoms with Crippen LogP contribution in [-0.2, 0) is 0 Å². The summed E-state index contributed by atoms with van der Waals surface area (Å²) in [6, 6.07) is -0.840. The van der Waals surface area contributed by atoms with Crippen molar-refractivity contribution >= 4 is 6.03 Å². The fraction of sp³-hybridized carbons (Fsp3) is 0.923. The van der Waals surface area contributed by atoms with Crippen molar-refractivity contribution < 1.29 is 23.1 Å². The average Bonchev–Trinajstić information content (AvgIpc) is 2.78. The number of halogens is 3. The quantitative estimate of drug-likeness (QED) is 0.821. The van der Waals surface area contributed by atoms with Gasteiger partial charge in [-0.2, -0.15) is 13.2 Å². The van der Waals surface area contributed by atoms with E-state index in [-0.39, 0.29) is 12.6 Å². The zero-order chi connectivity index (χ0) is 14.8. The highest BCUT2D eigenvalue weighted by molar-refractivity contribution is 5.75. The minimum atomic E-state index is -4.41. The molecule has 1 aliphatic carbocycles. The van der Waals surface area contributed by atoms with Gasteiger partial charge in [-0.3, -0.25) is 0 Å².